The van der Waals surface area contributed by atoms with E-state index >= 15 is 0 Å². The Morgan fingerprint density at radius 3 is 2.31 bits per heavy atom. The van der Waals surface area contributed by atoms with Gasteiger partial charge in [0.2, 0.25) is 0 Å². The Hall–Kier alpha value is -1.51. The Morgan fingerprint density at radius 2 is 1.72 bits per heavy atom. The number of hydrogen-bond donors (Lipinski definition) is 3. The van der Waals surface area contributed by atoms with Crippen molar-refractivity contribution in [3.8, 4) is 0 Å². The van der Waals surface area contributed by atoms with Crippen molar-refractivity contribution in [3.63, 3.8) is 0 Å². The first kappa shape index (κ1) is 23.8. The van der Waals surface area contributed by atoms with Crippen LogP contribution in [0.15, 0.2) is 24.3 Å². The lowest BCUT2D eigenvalue weighted by atomic mass is 9.97. The first-order valence-corrected chi connectivity index (χ1v) is 10.3. The molecule has 1 aromatic carbocycles. The molecule has 0 aliphatic carbocycles. The number of carbonyl (C=O) groups excluding carboxylic acids is 1. The number of esters is 1. The van der Waals surface area contributed by atoms with Crippen molar-refractivity contribution in [2.24, 2.45) is 5.92 Å². The summed E-state index contributed by atoms with van der Waals surface area (Å²) < 4.78 is 16.2. The number of carbonyl (C=O) groups is 1. The maximum atomic E-state index is 12.5. The third kappa shape index (κ3) is 6.49. The van der Waals surface area contributed by atoms with Crippen LogP contribution in [0, 0.1) is 5.92 Å². The van der Waals surface area contributed by atoms with Crippen LogP contribution in [0.1, 0.15) is 51.2 Å². The van der Waals surface area contributed by atoms with Crippen LogP contribution in [-0.4, -0.2) is 65.2 Å². The minimum Gasteiger partial charge on any atom is -0.462 e. The maximum absolute atomic E-state index is 12.5. The zero-order valence-corrected chi connectivity index (χ0v) is 17.7. The molecular weight excluding hydrogens is 376 g/mol. The lowest BCUT2D eigenvalue weighted by Gasteiger charge is -2.40. The topological polar surface area (TPSA) is 105 Å². The molecule has 0 saturated carbocycles. The van der Waals surface area contributed by atoms with Gasteiger partial charge < -0.3 is 29.5 Å². The molecule has 1 aliphatic rings. The molecule has 164 valence electrons. The van der Waals surface area contributed by atoms with Crippen LogP contribution in [0.25, 0.3) is 0 Å². The molecule has 1 saturated heterocycles. The van der Waals surface area contributed by atoms with Gasteiger partial charge in [0.05, 0.1) is 5.92 Å². The highest BCUT2D eigenvalue weighted by Gasteiger charge is 2.44. The van der Waals surface area contributed by atoms with E-state index in [-0.39, 0.29) is 6.61 Å². The first-order valence-electron chi connectivity index (χ1n) is 10.3. The predicted molar refractivity (Wildman–Crippen MR) is 107 cm³/mol. The van der Waals surface area contributed by atoms with E-state index in [1.165, 1.54) is 5.56 Å². The Labute approximate surface area is 172 Å². The molecule has 1 aliphatic heterocycles. The zero-order chi connectivity index (χ0) is 21.6. The molecule has 0 radical (unpaired) electrons. The highest BCUT2D eigenvalue weighted by Crippen LogP contribution is 2.24. The van der Waals surface area contributed by atoms with Gasteiger partial charge in [-0.25, -0.2) is 0 Å². The van der Waals surface area contributed by atoms with Crippen molar-refractivity contribution < 1.29 is 34.3 Å². The van der Waals surface area contributed by atoms with E-state index in [2.05, 4.69) is 13.8 Å². The van der Waals surface area contributed by atoms with Crippen LogP contribution < -0.4 is 0 Å². The summed E-state index contributed by atoms with van der Waals surface area (Å²) in [5.41, 5.74) is 2.06. The highest BCUT2D eigenvalue weighted by molar-refractivity contribution is 5.77. The van der Waals surface area contributed by atoms with Gasteiger partial charge in [-0.15, -0.1) is 0 Å². The highest BCUT2D eigenvalue weighted by atomic mass is 16.7. The Kier molecular flexibility index (Phi) is 9.04. The molecule has 2 rings (SSSR count). The largest absolute Gasteiger partial charge is 0.462 e. The van der Waals surface area contributed by atoms with Crippen LogP contribution in [-0.2, 0) is 25.4 Å². The SMILES string of the molecule is CCCOC1O[C@H](COC(=O)C(C)c2ccc(CC(C)C)cc2)[C@@H](O)[C@H](O)[C@H]1O. The quantitative estimate of drug-likeness (QED) is 0.533. The third-order valence-electron chi connectivity index (χ3n) is 5.02. The standard InChI is InChI=1S/C22H34O7/c1-5-10-27-22-20(25)19(24)18(23)17(29-22)12-28-21(26)14(4)16-8-6-15(7-9-16)11-13(2)3/h6-9,13-14,17-20,22-25H,5,10-12H2,1-4H3/t14?,17-,18-,19+,20-,22?/m1/s1. The van der Waals surface area contributed by atoms with Crippen LogP contribution in [0.2, 0.25) is 0 Å². The van der Waals surface area contributed by atoms with Gasteiger partial charge in [0, 0.05) is 6.61 Å². The third-order valence-corrected chi connectivity index (χ3v) is 5.02. The molecule has 0 bridgehead atoms. The lowest BCUT2D eigenvalue weighted by molar-refractivity contribution is -0.301. The zero-order valence-electron chi connectivity index (χ0n) is 17.7. The fourth-order valence-corrected chi connectivity index (χ4v) is 3.27. The maximum Gasteiger partial charge on any atom is 0.313 e. The van der Waals surface area contributed by atoms with Gasteiger partial charge in [-0.2, -0.15) is 0 Å². The second-order valence-corrected chi connectivity index (χ2v) is 8.08. The summed E-state index contributed by atoms with van der Waals surface area (Å²) in [5, 5.41) is 30.1. The molecule has 7 heteroatoms. The van der Waals surface area contributed by atoms with E-state index in [1.54, 1.807) is 6.92 Å². The van der Waals surface area contributed by atoms with E-state index in [0.29, 0.717) is 18.9 Å². The Morgan fingerprint density at radius 1 is 1.07 bits per heavy atom. The molecule has 29 heavy (non-hydrogen) atoms. The van der Waals surface area contributed by atoms with Gasteiger partial charge in [0.15, 0.2) is 6.29 Å². The summed E-state index contributed by atoms with van der Waals surface area (Å²) in [6.45, 7) is 8.06. The van der Waals surface area contributed by atoms with Crippen LogP contribution in [0.3, 0.4) is 0 Å². The van der Waals surface area contributed by atoms with Gasteiger partial charge in [-0.1, -0.05) is 45.0 Å². The van der Waals surface area contributed by atoms with Crippen LogP contribution in [0.5, 0.6) is 0 Å². The van der Waals surface area contributed by atoms with Gasteiger partial charge in [0.1, 0.15) is 31.0 Å². The summed E-state index contributed by atoms with van der Waals surface area (Å²) in [5.74, 6) is -0.375. The molecule has 1 fully saturated rings. The molecule has 2 unspecified atom stereocenters. The fraction of sp³-hybridized carbons (Fsp3) is 0.682. The van der Waals surface area contributed by atoms with Crippen molar-refractivity contribution in [2.45, 2.75) is 77.2 Å². The minimum absolute atomic E-state index is 0.245. The number of benzene rings is 1. The van der Waals surface area contributed by atoms with Crippen molar-refractivity contribution in [2.75, 3.05) is 13.2 Å². The summed E-state index contributed by atoms with van der Waals surface area (Å²) in [6.07, 6.45) is -4.58. The fourth-order valence-electron chi connectivity index (χ4n) is 3.27. The van der Waals surface area contributed by atoms with E-state index in [0.717, 1.165) is 12.0 Å². The van der Waals surface area contributed by atoms with Gasteiger partial charge in [0.25, 0.3) is 0 Å². The average molecular weight is 411 g/mol. The molecule has 6 atom stereocenters. The Balaban J connectivity index is 1.92. The van der Waals surface area contributed by atoms with Crippen molar-refractivity contribution >= 4 is 5.97 Å². The van der Waals surface area contributed by atoms with Crippen molar-refractivity contribution in [1.82, 2.24) is 0 Å². The number of hydrogen-bond acceptors (Lipinski definition) is 7. The lowest BCUT2D eigenvalue weighted by Crippen LogP contribution is -2.59. The summed E-state index contributed by atoms with van der Waals surface area (Å²) >= 11 is 0. The summed E-state index contributed by atoms with van der Waals surface area (Å²) in [6, 6.07) is 7.87. The minimum atomic E-state index is -1.44. The molecular formula is C22H34O7. The van der Waals surface area contributed by atoms with E-state index in [9.17, 15) is 20.1 Å². The molecule has 7 nitrogen and oxygen atoms in total. The molecule has 1 aromatic rings. The number of ether oxygens (including phenoxy) is 3. The van der Waals surface area contributed by atoms with E-state index in [1.807, 2.05) is 31.2 Å². The monoisotopic (exact) mass is 410 g/mol. The number of aliphatic hydroxyl groups excluding tert-OH is 3. The van der Waals surface area contributed by atoms with Crippen molar-refractivity contribution in [3.05, 3.63) is 35.4 Å². The number of aliphatic hydroxyl groups is 3. The van der Waals surface area contributed by atoms with Crippen LogP contribution in [0.4, 0.5) is 0 Å². The molecule has 0 spiro atoms. The van der Waals surface area contributed by atoms with Crippen LogP contribution >= 0.6 is 0 Å². The number of rotatable bonds is 9. The molecule has 3 N–H and O–H groups in total. The Bertz CT molecular complexity index is 631. The molecule has 0 aromatic heterocycles. The van der Waals surface area contributed by atoms with Gasteiger partial charge in [-0.3, -0.25) is 4.79 Å². The van der Waals surface area contributed by atoms with Gasteiger partial charge >= 0.3 is 5.97 Å². The van der Waals surface area contributed by atoms with Crippen molar-refractivity contribution in [1.29, 1.82) is 0 Å². The van der Waals surface area contributed by atoms with E-state index in [4.69, 9.17) is 14.2 Å². The summed E-state index contributed by atoms with van der Waals surface area (Å²) in [7, 11) is 0. The first-order chi connectivity index (χ1) is 13.7. The average Bonchev–Trinajstić information content (AvgIpc) is 2.70. The van der Waals surface area contributed by atoms with Gasteiger partial charge in [-0.05, 0) is 36.8 Å². The molecule has 0 amide bonds. The predicted octanol–water partition coefficient (Wildman–Crippen LogP) is 1.77. The smallest absolute Gasteiger partial charge is 0.313 e. The second kappa shape index (κ2) is 11.0. The second-order valence-electron chi connectivity index (χ2n) is 8.08. The molecule has 1 heterocycles. The normalized spacial score (nSPS) is 28.3. The summed E-state index contributed by atoms with van der Waals surface area (Å²) in [4.78, 5) is 12.5. The van der Waals surface area contributed by atoms with E-state index < -0.39 is 42.6 Å².